The van der Waals surface area contributed by atoms with Gasteiger partial charge in [-0.2, -0.15) is 0 Å². The smallest absolute Gasteiger partial charge is 0.206 e. The quantitative estimate of drug-likeness (QED) is 0.443. The molecule has 210 valence electrons. The summed E-state index contributed by atoms with van der Waals surface area (Å²) >= 11 is 0. The van der Waals surface area contributed by atoms with Gasteiger partial charge < -0.3 is 30.1 Å². The molecule has 0 bridgehead atoms. The zero-order valence-electron chi connectivity index (χ0n) is 23.0. The van der Waals surface area contributed by atoms with E-state index in [-0.39, 0.29) is 17.9 Å². The van der Waals surface area contributed by atoms with Crippen LogP contribution < -0.4 is 15.5 Å². The van der Waals surface area contributed by atoms with E-state index in [1.165, 1.54) is 0 Å². The van der Waals surface area contributed by atoms with Crippen LogP contribution in [0.15, 0.2) is 42.6 Å². The van der Waals surface area contributed by atoms with Crippen LogP contribution in [0.1, 0.15) is 19.2 Å². The molecule has 2 aromatic heterocycles. The minimum absolute atomic E-state index is 0.0829. The molecule has 0 spiro atoms. The van der Waals surface area contributed by atoms with Crippen LogP contribution in [-0.2, 0) is 9.47 Å². The Morgan fingerprint density at radius 2 is 2.02 bits per heavy atom. The number of aromatic hydroxyl groups is 1. The van der Waals surface area contributed by atoms with Crippen LogP contribution in [0.2, 0.25) is 0 Å². The number of methoxy groups -OCH3 is 1. The Morgan fingerprint density at radius 1 is 1.15 bits per heavy atom. The molecule has 0 amide bonds. The lowest BCUT2D eigenvalue weighted by Crippen LogP contribution is -2.44. The van der Waals surface area contributed by atoms with Gasteiger partial charge in [0.1, 0.15) is 11.6 Å². The third kappa shape index (κ3) is 6.59. The Labute approximate surface area is 234 Å². The zero-order valence-corrected chi connectivity index (χ0v) is 23.0. The summed E-state index contributed by atoms with van der Waals surface area (Å²) in [6.45, 7) is 8.03. The number of benzene rings is 1. The lowest BCUT2D eigenvalue weighted by atomic mass is 10.1. The van der Waals surface area contributed by atoms with E-state index < -0.39 is 0 Å². The largest absolute Gasteiger partial charge is 0.507 e. The first-order chi connectivity index (χ1) is 19.5. The fourth-order valence-electron chi connectivity index (χ4n) is 5.12. The molecule has 0 saturated carbocycles. The van der Waals surface area contributed by atoms with Crippen molar-refractivity contribution in [3.63, 3.8) is 0 Å². The molecular formula is C29H36N8O3. The Balaban J connectivity index is 1.26. The number of rotatable bonds is 6. The molecule has 0 radical (unpaired) electrons. The Hall–Kier alpha value is -3.98. The predicted octanol–water partition coefficient (Wildman–Crippen LogP) is 2.03. The van der Waals surface area contributed by atoms with Crippen molar-refractivity contribution in [1.82, 2.24) is 25.1 Å². The minimum Gasteiger partial charge on any atom is -0.507 e. The molecule has 11 nitrogen and oxygen atoms in total. The van der Waals surface area contributed by atoms with E-state index in [2.05, 4.69) is 48.6 Å². The number of morpholine rings is 1. The third-order valence-corrected chi connectivity index (χ3v) is 7.30. The molecule has 2 fully saturated rings. The van der Waals surface area contributed by atoms with Crippen molar-refractivity contribution >= 4 is 17.3 Å². The van der Waals surface area contributed by atoms with Crippen LogP contribution in [0.25, 0.3) is 11.3 Å². The summed E-state index contributed by atoms with van der Waals surface area (Å²) in [5.74, 6) is 8.27. The lowest BCUT2D eigenvalue weighted by molar-refractivity contribution is -0.0575. The van der Waals surface area contributed by atoms with Crippen LogP contribution in [0.5, 0.6) is 5.75 Å². The first kappa shape index (κ1) is 27.6. The van der Waals surface area contributed by atoms with Gasteiger partial charge in [0.15, 0.2) is 5.82 Å². The second-order valence-corrected chi connectivity index (χ2v) is 10.1. The second kappa shape index (κ2) is 12.9. The van der Waals surface area contributed by atoms with Gasteiger partial charge >= 0.3 is 0 Å². The molecule has 11 heteroatoms. The van der Waals surface area contributed by atoms with Crippen molar-refractivity contribution in [1.29, 1.82) is 0 Å². The monoisotopic (exact) mass is 544 g/mol. The van der Waals surface area contributed by atoms with E-state index in [9.17, 15) is 5.11 Å². The standard InChI is InChI=1S/C29H36N8O3/c1-21-10-13-36(25-18-24(33-34-29(25)30)23-6-3-4-7-26(23)38)14-15-37(21)28-9-11-31-27(32-28)8-5-12-35-16-17-40-22(19-35)20-39-2/h3-4,6-7,9,11,18,21-22,38H,10,12-17,19-20H2,1-2H3,(H2,30,34)/t21-,22+/m0/s1. The van der Waals surface area contributed by atoms with Crippen LogP contribution in [-0.4, -0.2) is 102 Å². The van der Waals surface area contributed by atoms with Gasteiger partial charge in [-0.05, 0) is 43.5 Å². The second-order valence-electron chi connectivity index (χ2n) is 10.1. The maximum Gasteiger partial charge on any atom is 0.206 e. The van der Waals surface area contributed by atoms with Crippen LogP contribution in [0.4, 0.5) is 17.3 Å². The lowest BCUT2D eigenvalue weighted by Gasteiger charge is -2.31. The molecule has 2 saturated heterocycles. The highest BCUT2D eigenvalue weighted by molar-refractivity contribution is 5.74. The third-order valence-electron chi connectivity index (χ3n) is 7.30. The van der Waals surface area contributed by atoms with Gasteiger partial charge in [-0.1, -0.05) is 18.1 Å². The van der Waals surface area contributed by atoms with Crippen molar-refractivity contribution in [2.45, 2.75) is 25.5 Å². The normalized spacial score (nSPS) is 20.1. The molecular weight excluding hydrogens is 508 g/mol. The van der Waals surface area contributed by atoms with Gasteiger partial charge in [0, 0.05) is 57.6 Å². The van der Waals surface area contributed by atoms with Gasteiger partial charge in [-0.3, -0.25) is 4.90 Å². The van der Waals surface area contributed by atoms with Gasteiger partial charge in [-0.15, -0.1) is 10.2 Å². The number of aromatic nitrogens is 4. The molecule has 2 aliphatic heterocycles. The first-order valence-corrected chi connectivity index (χ1v) is 13.6. The zero-order chi connectivity index (χ0) is 27.9. The number of nitrogens with zero attached hydrogens (tertiary/aromatic N) is 7. The molecule has 1 aromatic carbocycles. The number of hydrogen-bond acceptors (Lipinski definition) is 11. The summed E-state index contributed by atoms with van der Waals surface area (Å²) in [7, 11) is 1.69. The van der Waals surface area contributed by atoms with Gasteiger partial charge in [0.25, 0.3) is 0 Å². The van der Waals surface area contributed by atoms with Crippen molar-refractivity contribution < 1.29 is 14.6 Å². The van der Waals surface area contributed by atoms with Gasteiger partial charge in [0.2, 0.25) is 5.82 Å². The number of nitrogens with two attached hydrogens (primary N) is 1. The molecule has 3 N–H and O–H groups in total. The summed E-state index contributed by atoms with van der Waals surface area (Å²) in [4.78, 5) is 16.0. The maximum atomic E-state index is 10.3. The number of nitrogen functional groups attached to an aromatic ring is 1. The predicted molar refractivity (Wildman–Crippen MR) is 154 cm³/mol. The first-order valence-electron chi connectivity index (χ1n) is 13.6. The van der Waals surface area contributed by atoms with E-state index in [1.54, 1.807) is 25.4 Å². The molecule has 2 aliphatic rings. The van der Waals surface area contributed by atoms with Crippen molar-refractivity contribution in [2.75, 3.05) is 75.1 Å². The Kier molecular flexibility index (Phi) is 8.91. The molecule has 2 atom stereocenters. The minimum atomic E-state index is 0.0829. The number of phenols is 1. The summed E-state index contributed by atoms with van der Waals surface area (Å²) in [6, 6.07) is 11.2. The highest BCUT2D eigenvalue weighted by Crippen LogP contribution is 2.32. The van der Waals surface area contributed by atoms with E-state index in [1.807, 2.05) is 24.3 Å². The number of anilines is 3. The summed E-state index contributed by atoms with van der Waals surface area (Å²) in [6.07, 6.45) is 2.76. The molecule has 0 aliphatic carbocycles. The van der Waals surface area contributed by atoms with Crippen LogP contribution in [0, 0.1) is 11.8 Å². The maximum absolute atomic E-state index is 10.3. The number of hydrogen-bond donors (Lipinski definition) is 2. The molecule has 40 heavy (non-hydrogen) atoms. The summed E-state index contributed by atoms with van der Waals surface area (Å²) < 4.78 is 10.9. The molecule has 3 aromatic rings. The summed E-state index contributed by atoms with van der Waals surface area (Å²) in [5, 5.41) is 18.7. The molecule has 0 unspecified atom stereocenters. The number of ether oxygens (including phenoxy) is 2. The average Bonchev–Trinajstić information content (AvgIpc) is 3.16. The van der Waals surface area contributed by atoms with E-state index in [4.69, 9.17) is 20.2 Å². The van der Waals surface area contributed by atoms with Gasteiger partial charge in [0.05, 0.1) is 37.2 Å². The van der Waals surface area contributed by atoms with Crippen molar-refractivity contribution in [2.24, 2.45) is 0 Å². The Morgan fingerprint density at radius 3 is 2.88 bits per heavy atom. The van der Waals surface area contributed by atoms with Crippen LogP contribution in [0.3, 0.4) is 0 Å². The van der Waals surface area contributed by atoms with Crippen molar-refractivity contribution in [3.8, 4) is 28.8 Å². The summed E-state index contributed by atoms with van der Waals surface area (Å²) in [5.41, 5.74) is 8.29. The highest BCUT2D eigenvalue weighted by atomic mass is 16.5. The fraction of sp³-hybridized carbons (Fsp3) is 0.448. The van der Waals surface area contributed by atoms with E-state index >= 15 is 0 Å². The van der Waals surface area contributed by atoms with E-state index in [0.717, 1.165) is 50.6 Å². The van der Waals surface area contributed by atoms with Gasteiger partial charge in [-0.25, -0.2) is 9.97 Å². The van der Waals surface area contributed by atoms with Crippen LogP contribution >= 0.6 is 0 Å². The van der Waals surface area contributed by atoms with E-state index in [0.29, 0.717) is 42.7 Å². The number of para-hydroxylation sites is 1. The topological polar surface area (TPSA) is 126 Å². The molecule has 4 heterocycles. The average molecular weight is 545 g/mol. The Bertz CT molecular complexity index is 1360. The van der Waals surface area contributed by atoms with Crippen molar-refractivity contribution in [3.05, 3.63) is 48.4 Å². The highest BCUT2D eigenvalue weighted by Gasteiger charge is 2.25. The SMILES string of the molecule is COC[C@H]1CN(CC#Cc2nccc(N3CCN(c4cc(-c5ccccc5O)nnc4N)CC[C@@H]3C)n2)CCO1. The fourth-order valence-corrected chi connectivity index (χ4v) is 5.12. The number of phenolic OH excluding ortho intramolecular Hbond substituents is 1. The molecule has 5 rings (SSSR count).